The maximum atomic E-state index is 11.6. The van der Waals surface area contributed by atoms with Crippen molar-refractivity contribution >= 4 is 29.1 Å². The quantitative estimate of drug-likeness (QED) is 0.358. The number of hydrogen-bond donors (Lipinski definition) is 1. The lowest BCUT2D eigenvalue weighted by Gasteiger charge is -2.06. The summed E-state index contributed by atoms with van der Waals surface area (Å²) in [5.74, 6) is -0.857. The summed E-state index contributed by atoms with van der Waals surface area (Å²) in [6, 6.07) is 15.8. The fourth-order valence-electron chi connectivity index (χ4n) is 1.55. The third-order valence-corrected chi connectivity index (χ3v) is 2.74. The fourth-order valence-corrected chi connectivity index (χ4v) is 1.55. The lowest BCUT2D eigenvalue weighted by Crippen LogP contribution is -2.16. The molecule has 25 heavy (non-hydrogen) atoms. The molecule has 0 aromatic heterocycles. The van der Waals surface area contributed by atoms with Gasteiger partial charge >= 0.3 is 12.1 Å². The van der Waals surface area contributed by atoms with Crippen molar-refractivity contribution < 1.29 is 24.4 Å². The van der Waals surface area contributed by atoms with Crippen molar-refractivity contribution in [1.29, 1.82) is 0 Å². The van der Waals surface area contributed by atoms with Gasteiger partial charge in [-0.15, -0.1) is 5.11 Å². The summed E-state index contributed by atoms with van der Waals surface area (Å²) in [5.41, 5.74) is 1.50. The van der Waals surface area contributed by atoms with E-state index < -0.39 is 12.1 Å². The molecule has 8 heteroatoms. The van der Waals surface area contributed by atoms with Crippen molar-refractivity contribution in [3.8, 4) is 0 Å². The SMILES string of the molecule is C=C(C)C(=O)OOOC(=O)Nc1ccccc1N=Nc1ccccc1. The molecular formula is C17H15N3O5. The number of carbonyl (C=O) groups excluding carboxylic acids is 2. The Balaban J connectivity index is 1.96. The van der Waals surface area contributed by atoms with Crippen LogP contribution in [0, 0.1) is 0 Å². The number of hydrogen-bond acceptors (Lipinski definition) is 7. The molecule has 0 atom stereocenters. The summed E-state index contributed by atoms with van der Waals surface area (Å²) in [4.78, 5) is 31.2. The van der Waals surface area contributed by atoms with Gasteiger partial charge in [0.1, 0.15) is 5.69 Å². The third kappa shape index (κ3) is 5.88. The van der Waals surface area contributed by atoms with Crippen LogP contribution >= 0.6 is 0 Å². The Morgan fingerprint density at radius 2 is 1.64 bits per heavy atom. The third-order valence-electron chi connectivity index (χ3n) is 2.74. The standard InChI is InChI=1S/C17H15N3O5/c1-12(2)16(21)23-25-24-17(22)18-14-10-6-7-11-15(14)20-19-13-8-4-3-5-9-13/h3-11H,1H2,2H3,(H,18,22). The molecule has 0 saturated carbocycles. The average Bonchev–Trinajstić information content (AvgIpc) is 2.61. The van der Waals surface area contributed by atoms with Crippen LogP contribution in [0.3, 0.4) is 0 Å². The van der Waals surface area contributed by atoms with E-state index in [1.165, 1.54) is 6.92 Å². The second-order valence-electron chi connectivity index (χ2n) is 4.77. The highest BCUT2D eigenvalue weighted by Gasteiger charge is 2.11. The summed E-state index contributed by atoms with van der Waals surface area (Å²) in [5, 5.41) is 14.6. The normalized spacial score (nSPS) is 10.3. The fraction of sp³-hybridized carbons (Fsp3) is 0.0588. The van der Waals surface area contributed by atoms with Crippen molar-refractivity contribution in [2.24, 2.45) is 10.2 Å². The van der Waals surface area contributed by atoms with Gasteiger partial charge in [0.15, 0.2) is 0 Å². The van der Waals surface area contributed by atoms with E-state index in [0.29, 0.717) is 17.1 Å². The molecule has 0 fully saturated rings. The minimum Gasteiger partial charge on any atom is -0.287 e. The molecule has 0 aliphatic carbocycles. The van der Waals surface area contributed by atoms with Crippen LogP contribution in [0.1, 0.15) is 6.92 Å². The summed E-state index contributed by atoms with van der Waals surface area (Å²) in [6.45, 7) is 4.76. The molecule has 128 valence electrons. The van der Waals surface area contributed by atoms with Crippen molar-refractivity contribution in [2.75, 3.05) is 5.32 Å². The van der Waals surface area contributed by atoms with E-state index >= 15 is 0 Å². The van der Waals surface area contributed by atoms with E-state index in [0.717, 1.165) is 0 Å². The summed E-state index contributed by atoms with van der Waals surface area (Å²) in [6.07, 6.45) is -1.00. The predicted octanol–water partition coefficient (Wildman–Crippen LogP) is 4.62. The molecule has 0 spiro atoms. The number of azo groups is 1. The van der Waals surface area contributed by atoms with Gasteiger partial charge in [0.2, 0.25) is 0 Å². The Morgan fingerprint density at radius 3 is 2.36 bits per heavy atom. The molecule has 2 aromatic carbocycles. The lowest BCUT2D eigenvalue weighted by molar-refractivity contribution is -0.450. The van der Waals surface area contributed by atoms with Gasteiger partial charge in [0.25, 0.3) is 0 Å². The molecule has 0 bridgehead atoms. The van der Waals surface area contributed by atoms with Crippen molar-refractivity contribution in [2.45, 2.75) is 6.92 Å². The van der Waals surface area contributed by atoms with Crippen LogP contribution in [-0.2, 0) is 19.6 Å². The molecule has 0 radical (unpaired) electrons. The van der Waals surface area contributed by atoms with Crippen LogP contribution in [0.5, 0.6) is 0 Å². The van der Waals surface area contributed by atoms with E-state index in [1.54, 1.807) is 36.4 Å². The summed E-state index contributed by atoms with van der Waals surface area (Å²) in [7, 11) is 0. The maximum Gasteiger partial charge on any atom is 0.447 e. The molecule has 0 unspecified atom stereocenters. The van der Waals surface area contributed by atoms with Gasteiger partial charge in [-0.3, -0.25) is 10.2 Å². The highest BCUT2D eigenvalue weighted by molar-refractivity contribution is 5.88. The molecule has 0 aliphatic heterocycles. The first-order valence-electron chi connectivity index (χ1n) is 7.14. The Bertz CT molecular complexity index is 790. The molecule has 0 heterocycles. The Kier molecular flexibility index (Phi) is 6.38. The van der Waals surface area contributed by atoms with Crippen molar-refractivity contribution in [3.63, 3.8) is 0 Å². The van der Waals surface area contributed by atoms with E-state index in [9.17, 15) is 9.59 Å². The Hall–Kier alpha value is -3.52. The summed E-state index contributed by atoms with van der Waals surface area (Å²) >= 11 is 0. The molecule has 2 rings (SSSR count). The number of rotatable bonds is 6. The van der Waals surface area contributed by atoms with E-state index in [4.69, 9.17) is 0 Å². The Morgan fingerprint density at radius 1 is 0.960 bits per heavy atom. The molecular weight excluding hydrogens is 326 g/mol. The number of amides is 1. The van der Waals surface area contributed by atoms with Gasteiger partial charge in [0, 0.05) is 10.6 Å². The molecule has 0 saturated heterocycles. The lowest BCUT2D eigenvalue weighted by atomic mass is 10.3. The van der Waals surface area contributed by atoms with Crippen LogP contribution in [-0.4, -0.2) is 12.1 Å². The average molecular weight is 341 g/mol. The predicted molar refractivity (Wildman–Crippen MR) is 89.2 cm³/mol. The highest BCUT2D eigenvalue weighted by Crippen LogP contribution is 2.26. The number of benzene rings is 2. The van der Waals surface area contributed by atoms with E-state index in [-0.39, 0.29) is 5.57 Å². The van der Waals surface area contributed by atoms with Gasteiger partial charge in [-0.25, -0.2) is 14.5 Å². The van der Waals surface area contributed by atoms with Gasteiger partial charge in [-0.05, 0) is 31.2 Å². The largest absolute Gasteiger partial charge is 0.447 e. The second kappa shape index (κ2) is 8.94. The zero-order valence-corrected chi connectivity index (χ0v) is 13.3. The molecule has 2 aromatic rings. The zero-order valence-electron chi connectivity index (χ0n) is 13.3. The minimum absolute atomic E-state index is 0.0932. The Labute approximate surface area is 143 Å². The van der Waals surface area contributed by atoms with Crippen LogP contribution in [0.15, 0.2) is 77.0 Å². The second-order valence-corrected chi connectivity index (χ2v) is 4.77. The number of anilines is 1. The maximum absolute atomic E-state index is 11.6. The first-order valence-corrected chi connectivity index (χ1v) is 7.14. The minimum atomic E-state index is -1.00. The van der Waals surface area contributed by atoms with E-state index in [1.807, 2.05) is 18.2 Å². The monoisotopic (exact) mass is 341 g/mol. The van der Waals surface area contributed by atoms with Gasteiger partial charge in [0.05, 0.1) is 11.4 Å². The number of para-hydroxylation sites is 1. The molecule has 1 amide bonds. The van der Waals surface area contributed by atoms with Crippen LogP contribution < -0.4 is 5.32 Å². The number of nitrogens with zero attached hydrogens (tertiary/aromatic N) is 2. The molecule has 1 N–H and O–H groups in total. The van der Waals surface area contributed by atoms with Gasteiger partial charge in [-0.2, -0.15) is 5.11 Å². The molecule has 8 nitrogen and oxygen atoms in total. The van der Waals surface area contributed by atoms with Crippen LogP contribution in [0.2, 0.25) is 0 Å². The van der Waals surface area contributed by atoms with Crippen LogP contribution in [0.4, 0.5) is 21.9 Å². The van der Waals surface area contributed by atoms with Crippen LogP contribution in [0.25, 0.3) is 0 Å². The first kappa shape index (κ1) is 17.8. The van der Waals surface area contributed by atoms with Gasteiger partial charge in [-0.1, -0.05) is 36.9 Å². The number of carbonyl (C=O) groups is 2. The number of nitrogens with one attached hydrogen (secondary N) is 1. The highest BCUT2D eigenvalue weighted by atomic mass is 17.5. The van der Waals surface area contributed by atoms with Gasteiger partial charge < -0.3 is 0 Å². The zero-order chi connectivity index (χ0) is 18.1. The smallest absolute Gasteiger partial charge is 0.287 e. The summed E-state index contributed by atoms with van der Waals surface area (Å²) < 4.78 is 0. The molecule has 0 aliphatic rings. The topological polar surface area (TPSA) is 98.6 Å². The van der Waals surface area contributed by atoms with E-state index in [2.05, 4.69) is 36.9 Å². The van der Waals surface area contributed by atoms with Crippen molar-refractivity contribution in [1.82, 2.24) is 0 Å². The first-order chi connectivity index (χ1) is 12.1. The van der Waals surface area contributed by atoms with Crippen molar-refractivity contribution in [3.05, 3.63) is 66.7 Å².